The van der Waals surface area contributed by atoms with E-state index >= 15 is 0 Å². The van der Waals surface area contributed by atoms with Gasteiger partial charge in [-0.2, -0.15) is 0 Å². The number of benzene rings is 11. The standard InChI is InChI=1S/C72H51N/c1-70(2)60-31-12-7-27-56(60)58-30-18-29-52(69(58)70)48-20-17-23-51(44-48)73(50-41-38-46(39-42-50)47-40-43-57-53-24-8-13-32-61(53)71(3,66(57)45-47)49-21-5-4-6-22-49)67-37-19-36-65-68(67)59-28-11-16-35-64(59)72(65)62-33-14-9-25-54(62)55-26-10-15-34-63(55)72/h4-45H,1-3H3. The molecule has 11 aromatic carbocycles. The van der Waals surface area contributed by atoms with Gasteiger partial charge < -0.3 is 4.90 Å². The summed E-state index contributed by atoms with van der Waals surface area (Å²) < 4.78 is 0. The summed E-state index contributed by atoms with van der Waals surface area (Å²) in [7, 11) is 0. The van der Waals surface area contributed by atoms with Crippen molar-refractivity contribution < 1.29 is 0 Å². The highest BCUT2D eigenvalue weighted by atomic mass is 15.1. The third-order valence-electron chi connectivity index (χ3n) is 17.4. The second kappa shape index (κ2) is 15.4. The molecule has 0 amide bonds. The molecular formula is C72H51N. The molecule has 1 spiro atoms. The van der Waals surface area contributed by atoms with Crippen LogP contribution in [0.2, 0.25) is 0 Å². The van der Waals surface area contributed by atoms with Gasteiger partial charge >= 0.3 is 0 Å². The van der Waals surface area contributed by atoms with E-state index in [4.69, 9.17) is 0 Å². The smallest absolute Gasteiger partial charge is 0.0726 e. The average molecular weight is 930 g/mol. The molecule has 4 aliphatic rings. The van der Waals surface area contributed by atoms with Crippen molar-refractivity contribution in [2.24, 2.45) is 0 Å². The highest BCUT2D eigenvalue weighted by Gasteiger charge is 2.52. The molecule has 1 atom stereocenters. The Morgan fingerprint density at radius 3 is 1.48 bits per heavy atom. The largest absolute Gasteiger partial charge is 0.310 e. The number of hydrogen-bond acceptors (Lipinski definition) is 1. The normalized spacial score (nSPS) is 16.2. The Bertz CT molecular complexity index is 4030. The fraction of sp³-hybridized carbons (Fsp3) is 0.0833. The van der Waals surface area contributed by atoms with Crippen LogP contribution in [0.4, 0.5) is 17.1 Å². The first kappa shape index (κ1) is 42.0. The lowest BCUT2D eigenvalue weighted by Gasteiger charge is -2.32. The number of nitrogens with zero attached hydrogens (tertiary/aromatic N) is 1. The quantitative estimate of drug-likeness (QED) is 0.161. The number of hydrogen-bond donors (Lipinski definition) is 0. The summed E-state index contributed by atoms with van der Waals surface area (Å²) in [6.07, 6.45) is 0. The summed E-state index contributed by atoms with van der Waals surface area (Å²) in [5, 5.41) is 0. The summed E-state index contributed by atoms with van der Waals surface area (Å²) in [5.74, 6) is 0. The van der Waals surface area contributed by atoms with E-state index in [0.29, 0.717) is 0 Å². The van der Waals surface area contributed by atoms with Gasteiger partial charge in [0.25, 0.3) is 0 Å². The minimum absolute atomic E-state index is 0.154. The molecule has 73 heavy (non-hydrogen) atoms. The van der Waals surface area contributed by atoms with E-state index in [2.05, 4.69) is 280 Å². The van der Waals surface area contributed by atoms with Gasteiger partial charge in [-0.25, -0.2) is 0 Å². The lowest BCUT2D eigenvalue weighted by molar-refractivity contribution is 0.662. The molecule has 0 aliphatic heterocycles. The molecule has 0 saturated heterocycles. The van der Waals surface area contributed by atoms with Crippen molar-refractivity contribution in [1.29, 1.82) is 0 Å². The van der Waals surface area contributed by atoms with Crippen molar-refractivity contribution in [3.8, 4) is 66.8 Å². The second-order valence-electron chi connectivity index (χ2n) is 21.2. The Morgan fingerprint density at radius 1 is 0.288 bits per heavy atom. The highest BCUT2D eigenvalue weighted by Crippen LogP contribution is 2.65. The van der Waals surface area contributed by atoms with Crippen molar-refractivity contribution in [3.63, 3.8) is 0 Å². The fourth-order valence-corrected chi connectivity index (χ4v) is 14.2. The zero-order chi connectivity index (χ0) is 48.6. The van der Waals surface area contributed by atoms with Crippen LogP contribution in [-0.4, -0.2) is 0 Å². The van der Waals surface area contributed by atoms with Crippen LogP contribution in [0.1, 0.15) is 70.8 Å². The monoisotopic (exact) mass is 929 g/mol. The van der Waals surface area contributed by atoms with Gasteiger partial charge in [-0.3, -0.25) is 0 Å². The van der Waals surface area contributed by atoms with Crippen LogP contribution < -0.4 is 4.90 Å². The third-order valence-corrected chi connectivity index (χ3v) is 17.4. The molecule has 0 bridgehead atoms. The van der Waals surface area contributed by atoms with E-state index < -0.39 is 5.41 Å². The average Bonchev–Trinajstić information content (AvgIpc) is 4.18. The van der Waals surface area contributed by atoms with Gasteiger partial charge in [0, 0.05) is 27.8 Å². The van der Waals surface area contributed by atoms with E-state index in [0.717, 1.165) is 17.1 Å². The van der Waals surface area contributed by atoms with Crippen LogP contribution in [0.15, 0.2) is 255 Å². The maximum atomic E-state index is 2.53. The summed E-state index contributed by atoms with van der Waals surface area (Å²) in [6, 6.07) is 96.0. The van der Waals surface area contributed by atoms with Crippen molar-refractivity contribution in [2.45, 2.75) is 37.0 Å². The van der Waals surface area contributed by atoms with E-state index in [1.807, 2.05) is 0 Å². The van der Waals surface area contributed by atoms with Crippen LogP contribution in [-0.2, 0) is 16.2 Å². The number of anilines is 3. The molecule has 4 aliphatic carbocycles. The van der Waals surface area contributed by atoms with Crippen molar-refractivity contribution in [2.75, 3.05) is 4.90 Å². The second-order valence-corrected chi connectivity index (χ2v) is 21.2. The van der Waals surface area contributed by atoms with E-state index in [9.17, 15) is 0 Å². The molecule has 0 aromatic heterocycles. The molecular weight excluding hydrogens is 879 g/mol. The highest BCUT2D eigenvalue weighted by molar-refractivity contribution is 6.02. The van der Waals surface area contributed by atoms with Gasteiger partial charge in [-0.1, -0.05) is 232 Å². The Balaban J connectivity index is 0.928. The van der Waals surface area contributed by atoms with Gasteiger partial charge in [0.05, 0.1) is 11.1 Å². The molecule has 1 nitrogen and oxygen atoms in total. The minimum atomic E-state index is -0.459. The summed E-state index contributed by atoms with van der Waals surface area (Å²) in [5.41, 5.74) is 30.0. The topological polar surface area (TPSA) is 3.24 Å². The van der Waals surface area contributed by atoms with E-state index in [1.54, 1.807) is 0 Å². The SMILES string of the molecule is CC1(C)c2ccccc2-c2cccc(-c3cccc(N(c4ccc(-c5ccc6c(c5)C(C)(c5ccccc5)c5ccccc5-6)cc4)c4cccc5c4-c4ccccc4C54c5ccccc5-c5ccccc54)c3)c21. The van der Waals surface area contributed by atoms with Gasteiger partial charge in [0.1, 0.15) is 0 Å². The van der Waals surface area contributed by atoms with Crippen LogP contribution in [0.5, 0.6) is 0 Å². The molecule has 0 fully saturated rings. The molecule has 1 unspecified atom stereocenters. The Kier molecular flexibility index (Phi) is 8.83. The predicted octanol–water partition coefficient (Wildman–Crippen LogP) is 18.5. The molecule has 0 N–H and O–H groups in total. The first-order chi connectivity index (χ1) is 35.9. The number of rotatable bonds is 6. The first-order valence-electron chi connectivity index (χ1n) is 25.8. The lowest BCUT2D eigenvalue weighted by atomic mass is 9.70. The molecule has 344 valence electrons. The van der Waals surface area contributed by atoms with Crippen LogP contribution in [0.3, 0.4) is 0 Å². The van der Waals surface area contributed by atoms with E-state index in [1.165, 1.54) is 117 Å². The van der Waals surface area contributed by atoms with Crippen LogP contribution >= 0.6 is 0 Å². The maximum Gasteiger partial charge on any atom is 0.0726 e. The van der Waals surface area contributed by atoms with Crippen LogP contribution in [0, 0.1) is 0 Å². The zero-order valence-electron chi connectivity index (χ0n) is 41.2. The Morgan fingerprint density at radius 2 is 0.781 bits per heavy atom. The molecule has 11 aromatic rings. The summed E-state index contributed by atoms with van der Waals surface area (Å²) in [6.45, 7) is 7.18. The fourth-order valence-electron chi connectivity index (χ4n) is 14.2. The Hall–Kier alpha value is -8.78. The summed E-state index contributed by atoms with van der Waals surface area (Å²) >= 11 is 0. The van der Waals surface area contributed by atoms with Gasteiger partial charge in [0.2, 0.25) is 0 Å². The van der Waals surface area contributed by atoms with Gasteiger partial charge in [-0.15, -0.1) is 0 Å². The third kappa shape index (κ3) is 5.63. The molecule has 0 radical (unpaired) electrons. The first-order valence-corrected chi connectivity index (χ1v) is 25.8. The molecule has 15 rings (SSSR count). The Labute approximate surface area is 428 Å². The lowest BCUT2D eigenvalue weighted by Crippen LogP contribution is -2.26. The molecule has 0 saturated carbocycles. The van der Waals surface area contributed by atoms with Gasteiger partial charge in [-0.05, 0) is 155 Å². The van der Waals surface area contributed by atoms with Crippen molar-refractivity contribution in [1.82, 2.24) is 0 Å². The minimum Gasteiger partial charge on any atom is -0.310 e. The van der Waals surface area contributed by atoms with Gasteiger partial charge in [0.15, 0.2) is 0 Å². The molecule has 0 heterocycles. The van der Waals surface area contributed by atoms with E-state index in [-0.39, 0.29) is 10.8 Å². The van der Waals surface area contributed by atoms with Crippen molar-refractivity contribution in [3.05, 3.63) is 305 Å². The molecule has 1 heteroatoms. The summed E-state index contributed by atoms with van der Waals surface area (Å²) in [4.78, 5) is 2.53. The maximum absolute atomic E-state index is 2.53. The zero-order valence-corrected chi connectivity index (χ0v) is 41.2. The van der Waals surface area contributed by atoms with Crippen molar-refractivity contribution >= 4 is 17.1 Å². The number of fused-ring (bicyclic) bond motifs is 16. The van der Waals surface area contributed by atoms with Crippen LogP contribution in [0.25, 0.3) is 66.8 Å². The predicted molar refractivity (Wildman–Crippen MR) is 303 cm³/mol.